The van der Waals surface area contributed by atoms with Crippen LogP contribution in [0.15, 0.2) is 17.7 Å². The Balaban J connectivity index is 2.11. The Hall–Kier alpha value is -1.37. The monoisotopic (exact) mass is 313 g/mol. The zero-order valence-electron chi connectivity index (χ0n) is 11.2. The van der Waals surface area contributed by atoms with E-state index in [1.54, 1.807) is 6.08 Å². The maximum Gasteiger partial charge on any atom is 0.244 e. The molecule has 1 amide bonds. The number of aliphatic hydroxyl groups is 1. The molecule has 0 aliphatic rings. The molecule has 0 aliphatic heterocycles. The van der Waals surface area contributed by atoms with E-state index in [4.69, 9.17) is 11.6 Å². The molecule has 0 spiro atoms. The van der Waals surface area contributed by atoms with Crippen LogP contribution in [0.3, 0.4) is 0 Å². The molecule has 0 aliphatic carbocycles. The summed E-state index contributed by atoms with van der Waals surface area (Å²) in [5.74, 6) is -0.0986. The molecule has 0 bridgehead atoms. The lowest BCUT2D eigenvalue weighted by atomic mass is 10.1. The fourth-order valence-corrected chi connectivity index (χ4v) is 2.74. The number of fused-ring (bicyclic) bond motifs is 1. The third-order valence-electron chi connectivity index (χ3n) is 2.98. The van der Waals surface area contributed by atoms with E-state index in [-0.39, 0.29) is 24.5 Å². The smallest absolute Gasteiger partial charge is 0.244 e. The average molecular weight is 314 g/mol. The van der Waals surface area contributed by atoms with E-state index >= 15 is 0 Å². The summed E-state index contributed by atoms with van der Waals surface area (Å²) in [5.41, 5.74) is 0.670. The topological polar surface area (TPSA) is 66.6 Å². The van der Waals surface area contributed by atoms with Crippen LogP contribution in [0.25, 0.3) is 11.0 Å². The van der Waals surface area contributed by atoms with Crippen LogP contribution in [-0.4, -0.2) is 33.0 Å². The first-order valence-electron chi connectivity index (χ1n) is 6.23. The maximum absolute atomic E-state index is 11.8. The Morgan fingerprint density at radius 3 is 3.05 bits per heavy atom. The summed E-state index contributed by atoms with van der Waals surface area (Å²) in [7, 11) is 0. The Morgan fingerprint density at radius 1 is 1.65 bits per heavy atom. The molecule has 5 nitrogen and oxygen atoms in total. The lowest BCUT2D eigenvalue weighted by molar-refractivity contribution is -0.117. The first-order valence-corrected chi connectivity index (χ1v) is 7.49. The van der Waals surface area contributed by atoms with Gasteiger partial charge in [0.05, 0.1) is 18.3 Å². The van der Waals surface area contributed by atoms with Crippen LogP contribution in [0.5, 0.6) is 0 Å². The van der Waals surface area contributed by atoms with Crippen LogP contribution in [0, 0.1) is 5.92 Å². The third kappa shape index (κ3) is 3.20. The molecule has 108 valence electrons. The second-order valence-electron chi connectivity index (χ2n) is 4.72. The van der Waals surface area contributed by atoms with Crippen molar-refractivity contribution in [3.05, 3.63) is 28.5 Å². The number of hydrogen-bond acceptors (Lipinski definition) is 4. The highest BCUT2D eigenvalue weighted by atomic mass is 35.5. The number of thiazole rings is 1. The highest BCUT2D eigenvalue weighted by molar-refractivity contribution is 7.15. The number of carbonyl (C=O) groups is 1. The molecule has 1 unspecified atom stereocenters. The number of aliphatic hydroxyl groups excluding tert-OH is 1. The minimum Gasteiger partial charge on any atom is -0.394 e. The number of nitrogens with zero attached hydrogens (tertiary/aromatic N) is 2. The Morgan fingerprint density at radius 2 is 2.40 bits per heavy atom. The van der Waals surface area contributed by atoms with Gasteiger partial charge in [0.15, 0.2) is 10.1 Å². The lowest BCUT2D eigenvalue weighted by Gasteiger charge is -2.18. The molecule has 2 rings (SSSR count). The first kappa shape index (κ1) is 15.0. The number of imidazole rings is 1. The van der Waals surface area contributed by atoms with E-state index in [2.05, 4.69) is 10.3 Å². The van der Waals surface area contributed by atoms with Gasteiger partial charge in [-0.3, -0.25) is 9.20 Å². The molecular weight excluding hydrogens is 298 g/mol. The highest BCUT2D eigenvalue weighted by Gasteiger charge is 2.14. The third-order valence-corrected chi connectivity index (χ3v) is 4.01. The van der Waals surface area contributed by atoms with Gasteiger partial charge in [-0.2, -0.15) is 0 Å². The number of nitrogens with one attached hydrogen (secondary N) is 1. The van der Waals surface area contributed by atoms with Gasteiger partial charge in [0.25, 0.3) is 0 Å². The average Bonchev–Trinajstić information content (AvgIpc) is 2.94. The number of carbonyl (C=O) groups excluding carboxylic acids is 1. The summed E-state index contributed by atoms with van der Waals surface area (Å²) in [6.45, 7) is 3.79. The van der Waals surface area contributed by atoms with Crippen molar-refractivity contribution < 1.29 is 9.90 Å². The van der Waals surface area contributed by atoms with Crippen LogP contribution in [0.2, 0.25) is 5.15 Å². The van der Waals surface area contributed by atoms with Gasteiger partial charge in [0.1, 0.15) is 0 Å². The Labute approximate surface area is 125 Å². The Kier molecular flexibility index (Phi) is 4.80. The van der Waals surface area contributed by atoms with Gasteiger partial charge in [-0.1, -0.05) is 25.4 Å². The van der Waals surface area contributed by atoms with Gasteiger partial charge < -0.3 is 10.4 Å². The number of rotatable bonds is 5. The Bertz CT molecular complexity index is 633. The molecule has 0 saturated heterocycles. The molecule has 20 heavy (non-hydrogen) atoms. The summed E-state index contributed by atoms with van der Waals surface area (Å²) in [6.07, 6.45) is 4.87. The molecule has 2 aromatic rings. The minimum atomic E-state index is -0.265. The quantitative estimate of drug-likeness (QED) is 0.832. The van der Waals surface area contributed by atoms with Crippen LogP contribution in [0.4, 0.5) is 0 Å². The number of halogens is 1. The van der Waals surface area contributed by atoms with Crippen LogP contribution in [-0.2, 0) is 4.79 Å². The van der Waals surface area contributed by atoms with Crippen molar-refractivity contribution in [2.45, 2.75) is 19.9 Å². The summed E-state index contributed by atoms with van der Waals surface area (Å²) in [4.78, 5) is 16.8. The van der Waals surface area contributed by atoms with E-state index < -0.39 is 0 Å². The van der Waals surface area contributed by atoms with Crippen molar-refractivity contribution in [3.8, 4) is 0 Å². The zero-order valence-corrected chi connectivity index (χ0v) is 12.8. The SMILES string of the molecule is CC(C)C(CO)NC(=O)C=Cc1c(Cl)nc2sccn12. The molecule has 0 aromatic carbocycles. The molecule has 2 aromatic heterocycles. The van der Waals surface area contributed by atoms with E-state index in [1.807, 2.05) is 29.8 Å². The fourth-order valence-electron chi connectivity index (χ4n) is 1.73. The standard InChI is InChI=1S/C13H16ClN3O2S/c1-8(2)9(7-18)15-11(19)4-3-10-12(14)16-13-17(10)5-6-20-13/h3-6,8-9,18H,7H2,1-2H3,(H,15,19). The second-order valence-corrected chi connectivity index (χ2v) is 5.95. The largest absolute Gasteiger partial charge is 0.394 e. The van der Waals surface area contributed by atoms with Crippen molar-refractivity contribution in [2.24, 2.45) is 5.92 Å². The van der Waals surface area contributed by atoms with E-state index in [9.17, 15) is 9.90 Å². The van der Waals surface area contributed by atoms with Crippen molar-refractivity contribution in [1.82, 2.24) is 14.7 Å². The molecule has 0 fully saturated rings. The molecule has 7 heteroatoms. The van der Waals surface area contributed by atoms with E-state index in [1.165, 1.54) is 17.4 Å². The zero-order chi connectivity index (χ0) is 14.7. The number of hydrogen-bond donors (Lipinski definition) is 2. The van der Waals surface area contributed by atoms with Gasteiger partial charge in [-0.05, 0) is 12.0 Å². The van der Waals surface area contributed by atoms with Gasteiger partial charge in [-0.15, -0.1) is 11.3 Å². The first-order chi connectivity index (χ1) is 9.52. The van der Waals surface area contributed by atoms with Gasteiger partial charge in [0, 0.05) is 17.7 Å². The van der Waals surface area contributed by atoms with Crippen LogP contribution < -0.4 is 5.32 Å². The molecule has 0 saturated carbocycles. The number of amides is 1. The van der Waals surface area contributed by atoms with Crippen molar-refractivity contribution >= 4 is 39.9 Å². The van der Waals surface area contributed by atoms with E-state index in [0.29, 0.717) is 10.8 Å². The van der Waals surface area contributed by atoms with E-state index in [0.717, 1.165) is 4.96 Å². The minimum absolute atomic E-state index is 0.0839. The second kappa shape index (κ2) is 6.39. The molecule has 2 N–H and O–H groups in total. The fraction of sp³-hybridized carbons (Fsp3) is 0.385. The predicted octanol–water partition coefficient (Wildman–Crippen LogP) is 2.20. The summed E-state index contributed by atoms with van der Waals surface area (Å²) < 4.78 is 1.82. The molecule has 1 atom stereocenters. The molecule has 0 radical (unpaired) electrons. The van der Waals surface area contributed by atoms with Crippen molar-refractivity contribution in [1.29, 1.82) is 0 Å². The summed E-state index contributed by atoms with van der Waals surface area (Å²) >= 11 is 7.50. The van der Waals surface area contributed by atoms with Gasteiger partial charge >= 0.3 is 0 Å². The molecular formula is C13H16ClN3O2S. The normalized spacial score (nSPS) is 13.4. The van der Waals surface area contributed by atoms with Crippen LogP contribution in [0.1, 0.15) is 19.5 Å². The number of aromatic nitrogens is 2. The summed E-state index contributed by atoms with van der Waals surface area (Å²) in [5, 5.41) is 14.2. The van der Waals surface area contributed by atoms with Crippen molar-refractivity contribution in [3.63, 3.8) is 0 Å². The van der Waals surface area contributed by atoms with Crippen molar-refractivity contribution in [2.75, 3.05) is 6.61 Å². The summed E-state index contributed by atoms with van der Waals surface area (Å²) in [6, 6.07) is -0.255. The lowest BCUT2D eigenvalue weighted by Crippen LogP contribution is -2.40. The highest BCUT2D eigenvalue weighted by Crippen LogP contribution is 2.22. The predicted molar refractivity (Wildman–Crippen MR) is 81.0 cm³/mol. The van der Waals surface area contributed by atoms with Gasteiger partial charge in [-0.25, -0.2) is 4.98 Å². The molecule has 2 heterocycles. The van der Waals surface area contributed by atoms with Crippen LogP contribution >= 0.6 is 22.9 Å². The van der Waals surface area contributed by atoms with Gasteiger partial charge in [0.2, 0.25) is 5.91 Å². The maximum atomic E-state index is 11.8.